The van der Waals surface area contributed by atoms with Crippen LogP contribution >= 0.6 is 11.8 Å². The second-order valence-electron chi connectivity index (χ2n) is 3.20. The van der Waals surface area contributed by atoms with Gasteiger partial charge in [0, 0.05) is 10.6 Å². The number of nitrogens with zero attached hydrogens (tertiary/aromatic N) is 3. The molecule has 0 aliphatic heterocycles. The minimum Gasteiger partial charge on any atom is -0.228 e. The van der Waals surface area contributed by atoms with E-state index in [0.717, 1.165) is 10.6 Å². The van der Waals surface area contributed by atoms with Gasteiger partial charge >= 0.3 is 0 Å². The summed E-state index contributed by atoms with van der Waals surface area (Å²) in [6, 6.07) is 13.6. The van der Waals surface area contributed by atoms with Crippen molar-refractivity contribution < 1.29 is 0 Å². The van der Waals surface area contributed by atoms with Gasteiger partial charge in [-0.05, 0) is 36.9 Å². The van der Waals surface area contributed by atoms with Crippen LogP contribution in [0.25, 0.3) is 0 Å². The quantitative estimate of drug-likeness (QED) is 0.740. The van der Waals surface area contributed by atoms with Crippen LogP contribution in [0.5, 0.6) is 0 Å². The Balaban J connectivity index is 2.29. The summed E-state index contributed by atoms with van der Waals surface area (Å²) in [5, 5.41) is 9.42. The van der Waals surface area contributed by atoms with Crippen molar-refractivity contribution in [2.45, 2.75) is 17.0 Å². The highest BCUT2D eigenvalue weighted by Gasteiger charge is 2.03. The van der Waals surface area contributed by atoms with E-state index < -0.39 is 0 Å². The smallest absolute Gasteiger partial charge is 0.193 e. The van der Waals surface area contributed by atoms with Crippen molar-refractivity contribution in [1.82, 2.24) is 9.97 Å². The lowest BCUT2D eigenvalue weighted by Crippen LogP contribution is -1.93. The summed E-state index contributed by atoms with van der Waals surface area (Å²) >= 11 is 1.46. The number of aromatic nitrogens is 2. The molecule has 0 amide bonds. The molecule has 1 aromatic heterocycles. The number of benzene rings is 1. The molecule has 0 fully saturated rings. The summed E-state index contributed by atoms with van der Waals surface area (Å²) in [5.41, 5.74) is 1.22. The van der Waals surface area contributed by atoms with E-state index in [9.17, 15) is 0 Å². The van der Waals surface area contributed by atoms with Crippen molar-refractivity contribution in [3.05, 3.63) is 47.8 Å². The molecule has 4 heteroatoms. The van der Waals surface area contributed by atoms with Gasteiger partial charge in [-0.3, -0.25) is 0 Å². The van der Waals surface area contributed by atoms with Crippen LogP contribution in [0.2, 0.25) is 0 Å². The molecule has 0 N–H and O–H groups in total. The minimum atomic E-state index is 0.408. The highest BCUT2D eigenvalue weighted by atomic mass is 32.2. The Morgan fingerprint density at radius 2 is 1.94 bits per heavy atom. The lowest BCUT2D eigenvalue weighted by molar-refractivity contribution is 0.919. The topological polar surface area (TPSA) is 49.6 Å². The Kier molecular flexibility index (Phi) is 3.18. The Morgan fingerprint density at radius 1 is 1.19 bits per heavy atom. The molecule has 1 heterocycles. The number of hydrogen-bond donors (Lipinski definition) is 0. The van der Waals surface area contributed by atoms with Crippen LogP contribution in [0.4, 0.5) is 0 Å². The maximum atomic E-state index is 8.80. The first-order chi connectivity index (χ1) is 7.78. The van der Waals surface area contributed by atoms with E-state index in [4.69, 9.17) is 5.26 Å². The van der Waals surface area contributed by atoms with Crippen LogP contribution in [0.3, 0.4) is 0 Å². The van der Waals surface area contributed by atoms with Gasteiger partial charge < -0.3 is 0 Å². The fourth-order valence-electron chi connectivity index (χ4n) is 1.24. The van der Waals surface area contributed by atoms with Crippen LogP contribution in [0.1, 0.15) is 11.4 Å². The molecule has 0 unspecified atom stereocenters. The zero-order chi connectivity index (χ0) is 11.4. The van der Waals surface area contributed by atoms with Crippen molar-refractivity contribution in [3.63, 3.8) is 0 Å². The Hall–Kier alpha value is -1.86. The van der Waals surface area contributed by atoms with Crippen LogP contribution in [0, 0.1) is 18.3 Å². The summed E-state index contributed by atoms with van der Waals surface area (Å²) in [5.74, 6) is 0. The van der Waals surface area contributed by atoms with Gasteiger partial charge in [-0.25, -0.2) is 9.97 Å². The van der Waals surface area contributed by atoms with Crippen LogP contribution in [-0.4, -0.2) is 9.97 Å². The van der Waals surface area contributed by atoms with Gasteiger partial charge in [0.2, 0.25) is 0 Å². The van der Waals surface area contributed by atoms with Crippen molar-refractivity contribution >= 4 is 11.8 Å². The van der Waals surface area contributed by atoms with Gasteiger partial charge in [0.15, 0.2) is 5.16 Å². The molecule has 0 aliphatic rings. The number of nitriles is 1. The largest absolute Gasteiger partial charge is 0.228 e. The molecular formula is C12H9N3S. The summed E-state index contributed by atoms with van der Waals surface area (Å²) in [6.45, 7) is 1.86. The van der Waals surface area contributed by atoms with Gasteiger partial charge in [-0.15, -0.1) is 0 Å². The van der Waals surface area contributed by atoms with E-state index in [2.05, 4.69) is 9.97 Å². The number of hydrogen-bond acceptors (Lipinski definition) is 4. The second kappa shape index (κ2) is 4.77. The maximum absolute atomic E-state index is 8.80. The summed E-state index contributed by atoms with van der Waals surface area (Å²) in [7, 11) is 0. The highest BCUT2D eigenvalue weighted by Crippen LogP contribution is 2.24. The van der Waals surface area contributed by atoms with Gasteiger partial charge in [-0.1, -0.05) is 18.2 Å². The summed E-state index contributed by atoms with van der Waals surface area (Å²) < 4.78 is 0. The minimum absolute atomic E-state index is 0.408. The van der Waals surface area contributed by atoms with E-state index in [1.54, 1.807) is 6.07 Å². The molecule has 2 aromatic rings. The molecule has 0 bridgehead atoms. The third kappa shape index (κ3) is 2.59. The fraction of sp³-hybridized carbons (Fsp3) is 0.0833. The summed E-state index contributed by atoms with van der Waals surface area (Å²) in [4.78, 5) is 9.48. The van der Waals surface area contributed by atoms with E-state index in [-0.39, 0.29) is 0 Å². The Bertz CT molecular complexity index is 532. The molecule has 0 saturated carbocycles. The lowest BCUT2D eigenvalue weighted by atomic mass is 10.4. The van der Waals surface area contributed by atoms with E-state index in [1.807, 2.05) is 43.3 Å². The molecule has 1 aromatic carbocycles. The molecule has 16 heavy (non-hydrogen) atoms. The fourth-order valence-corrected chi connectivity index (χ4v) is 2.08. The SMILES string of the molecule is Cc1cc(C#N)nc(Sc2ccccc2)n1. The monoisotopic (exact) mass is 227 g/mol. The summed E-state index contributed by atoms with van der Waals surface area (Å²) in [6.07, 6.45) is 0. The zero-order valence-electron chi connectivity index (χ0n) is 8.71. The third-order valence-corrected chi connectivity index (χ3v) is 2.77. The van der Waals surface area contributed by atoms with Gasteiger partial charge in [0.05, 0.1) is 0 Å². The second-order valence-corrected chi connectivity index (χ2v) is 4.24. The van der Waals surface area contributed by atoms with Crippen molar-refractivity contribution in [2.24, 2.45) is 0 Å². The first-order valence-corrected chi connectivity index (χ1v) is 5.58. The predicted molar refractivity (Wildman–Crippen MR) is 62.0 cm³/mol. The molecule has 0 spiro atoms. The Morgan fingerprint density at radius 3 is 2.62 bits per heavy atom. The molecule has 0 aliphatic carbocycles. The van der Waals surface area contributed by atoms with E-state index in [0.29, 0.717) is 10.9 Å². The molecule has 0 saturated heterocycles. The van der Waals surface area contributed by atoms with Crippen molar-refractivity contribution in [3.8, 4) is 6.07 Å². The molecular weight excluding hydrogens is 218 g/mol. The van der Waals surface area contributed by atoms with Gasteiger partial charge in [0.1, 0.15) is 11.8 Å². The van der Waals surface area contributed by atoms with E-state index >= 15 is 0 Å². The molecule has 0 atom stereocenters. The van der Waals surface area contributed by atoms with Crippen LogP contribution < -0.4 is 0 Å². The van der Waals surface area contributed by atoms with Crippen LogP contribution in [0.15, 0.2) is 46.5 Å². The van der Waals surface area contributed by atoms with Gasteiger partial charge in [-0.2, -0.15) is 5.26 Å². The first kappa shape index (κ1) is 10.7. The maximum Gasteiger partial charge on any atom is 0.193 e. The third-order valence-electron chi connectivity index (χ3n) is 1.90. The molecule has 2 rings (SSSR count). The predicted octanol–water partition coefficient (Wildman–Crippen LogP) is 2.81. The zero-order valence-corrected chi connectivity index (χ0v) is 9.53. The normalized spacial score (nSPS) is 9.75. The first-order valence-electron chi connectivity index (χ1n) is 4.76. The molecule has 3 nitrogen and oxygen atoms in total. The number of rotatable bonds is 2. The highest BCUT2D eigenvalue weighted by molar-refractivity contribution is 7.99. The number of aryl methyl sites for hydroxylation is 1. The average molecular weight is 227 g/mol. The van der Waals surface area contributed by atoms with E-state index in [1.165, 1.54) is 11.8 Å². The van der Waals surface area contributed by atoms with Crippen molar-refractivity contribution in [2.75, 3.05) is 0 Å². The van der Waals surface area contributed by atoms with Gasteiger partial charge in [0.25, 0.3) is 0 Å². The van der Waals surface area contributed by atoms with Crippen molar-refractivity contribution in [1.29, 1.82) is 5.26 Å². The standard InChI is InChI=1S/C12H9N3S/c1-9-7-10(8-13)15-12(14-9)16-11-5-3-2-4-6-11/h2-7H,1H3. The lowest BCUT2D eigenvalue weighted by Gasteiger charge is -2.01. The average Bonchev–Trinajstić information content (AvgIpc) is 2.29. The Labute approximate surface area is 98.2 Å². The molecule has 0 radical (unpaired) electrons. The molecule has 78 valence electrons. The van der Waals surface area contributed by atoms with Crippen LogP contribution in [-0.2, 0) is 0 Å².